The summed E-state index contributed by atoms with van der Waals surface area (Å²) in [6, 6.07) is 0. The van der Waals surface area contributed by atoms with Crippen LogP contribution in [0.2, 0.25) is 0 Å². The summed E-state index contributed by atoms with van der Waals surface area (Å²) < 4.78 is 1.14. The molecule has 0 spiro atoms. The van der Waals surface area contributed by atoms with Gasteiger partial charge in [-0.1, -0.05) is 12.8 Å². The summed E-state index contributed by atoms with van der Waals surface area (Å²) in [4.78, 5) is 13.7. The molecule has 1 aromatic rings. The number of carbonyl (C=O) groups is 1. The number of thiol groups is 1. The first-order valence-corrected chi connectivity index (χ1v) is 2.57. The third-order valence-electron chi connectivity index (χ3n) is 0.813. The van der Waals surface area contributed by atoms with Gasteiger partial charge in [-0.05, 0) is 0 Å². The van der Waals surface area contributed by atoms with Crippen molar-refractivity contribution >= 4 is 18.8 Å². The Bertz CT molecular complexity index is 232. The van der Waals surface area contributed by atoms with E-state index in [-0.39, 0.29) is 5.82 Å². The second-order valence-electron chi connectivity index (χ2n) is 1.40. The first kappa shape index (κ1) is 6.15. The zero-order valence-electron chi connectivity index (χ0n) is 4.35. The third kappa shape index (κ3) is 1.05. The van der Waals surface area contributed by atoms with Gasteiger partial charge in [-0.25, -0.2) is 9.78 Å². The van der Waals surface area contributed by atoms with Crippen LogP contribution in [-0.2, 0) is 0 Å². The number of rotatable bonds is 1. The van der Waals surface area contributed by atoms with E-state index in [1.165, 1.54) is 12.4 Å². The van der Waals surface area contributed by atoms with Gasteiger partial charge in [-0.3, -0.25) is 3.97 Å². The molecular formula is C4H4N2O2S. The molecule has 0 atom stereocenters. The number of nitrogens with zero attached hydrogens (tertiary/aromatic N) is 2. The molecule has 1 aromatic heterocycles. The minimum atomic E-state index is -1.07. The molecule has 0 aliphatic heterocycles. The fourth-order valence-corrected chi connectivity index (χ4v) is 0.647. The first-order valence-electron chi connectivity index (χ1n) is 2.17. The van der Waals surface area contributed by atoms with E-state index >= 15 is 0 Å². The lowest BCUT2D eigenvalue weighted by Crippen LogP contribution is -2.01. The average Bonchev–Trinajstić information content (AvgIpc) is 2.13. The molecule has 4 nitrogen and oxygen atoms in total. The molecule has 48 valence electrons. The van der Waals surface area contributed by atoms with Crippen LogP contribution in [0.4, 0.5) is 0 Å². The van der Waals surface area contributed by atoms with Gasteiger partial charge in [0.15, 0.2) is 0 Å². The van der Waals surface area contributed by atoms with Crippen molar-refractivity contribution in [2.24, 2.45) is 0 Å². The van der Waals surface area contributed by atoms with Gasteiger partial charge in [-0.2, -0.15) is 0 Å². The van der Waals surface area contributed by atoms with Crippen molar-refractivity contribution in [1.82, 2.24) is 8.96 Å². The number of carboxylic acids is 1. The summed E-state index contributed by atoms with van der Waals surface area (Å²) in [6.07, 6.45) is 2.82. The molecule has 0 radical (unpaired) electrons. The van der Waals surface area contributed by atoms with Crippen molar-refractivity contribution in [3.05, 3.63) is 18.2 Å². The highest BCUT2D eigenvalue weighted by atomic mass is 32.1. The van der Waals surface area contributed by atoms with Crippen LogP contribution in [-0.4, -0.2) is 20.0 Å². The average molecular weight is 144 g/mol. The number of aromatic carboxylic acids is 1. The molecule has 0 saturated heterocycles. The Morgan fingerprint density at radius 3 is 2.78 bits per heavy atom. The molecule has 1 heterocycles. The standard InChI is InChI=1S/C4H4N2O2S/c7-4(8)3-5-1-2-6(3)9/h1-2,9H,(H,7,8). The molecule has 0 aliphatic rings. The minimum absolute atomic E-state index is 0.0710. The topological polar surface area (TPSA) is 55.1 Å². The molecule has 0 saturated carbocycles. The van der Waals surface area contributed by atoms with E-state index in [0.717, 1.165) is 3.97 Å². The number of aromatic nitrogens is 2. The van der Waals surface area contributed by atoms with E-state index in [1.54, 1.807) is 0 Å². The van der Waals surface area contributed by atoms with Gasteiger partial charge in [0.1, 0.15) is 0 Å². The quantitative estimate of drug-likeness (QED) is 0.556. The van der Waals surface area contributed by atoms with Crippen LogP contribution in [0.15, 0.2) is 12.4 Å². The monoisotopic (exact) mass is 144 g/mol. The highest BCUT2D eigenvalue weighted by Gasteiger charge is 2.06. The highest BCUT2D eigenvalue weighted by Crippen LogP contribution is 1.97. The zero-order valence-corrected chi connectivity index (χ0v) is 5.25. The minimum Gasteiger partial charge on any atom is -0.475 e. The van der Waals surface area contributed by atoms with Crippen LogP contribution in [0.3, 0.4) is 0 Å². The maximum atomic E-state index is 10.2. The Hall–Kier alpha value is -0.970. The van der Waals surface area contributed by atoms with Gasteiger partial charge in [0, 0.05) is 12.4 Å². The molecule has 1 N–H and O–H groups in total. The molecule has 0 amide bonds. The summed E-state index contributed by atoms with van der Waals surface area (Å²) in [5.74, 6) is -1.15. The molecular weight excluding hydrogens is 140 g/mol. The summed E-state index contributed by atoms with van der Waals surface area (Å²) >= 11 is 3.76. The van der Waals surface area contributed by atoms with Crippen molar-refractivity contribution in [2.75, 3.05) is 0 Å². The predicted octanol–water partition coefficient (Wildman–Crippen LogP) is 0.274. The van der Waals surface area contributed by atoms with E-state index in [4.69, 9.17) is 5.11 Å². The number of imidazole rings is 1. The SMILES string of the molecule is O=C(O)c1nccn1S. The van der Waals surface area contributed by atoms with Gasteiger partial charge in [0.25, 0.3) is 0 Å². The van der Waals surface area contributed by atoms with E-state index in [9.17, 15) is 4.79 Å². The summed E-state index contributed by atoms with van der Waals surface area (Å²) in [5, 5.41) is 8.32. The lowest BCUT2D eigenvalue weighted by atomic mass is 10.6. The molecule has 9 heavy (non-hydrogen) atoms. The molecule has 0 fully saturated rings. The molecule has 0 aliphatic carbocycles. The zero-order chi connectivity index (χ0) is 6.85. The van der Waals surface area contributed by atoms with E-state index in [1.807, 2.05) is 0 Å². The van der Waals surface area contributed by atoms with Gasteiger partial charge in [0.05, 0.1) is 0 Å². The summed E-state index contributed by atoms with van der Waals surface area (Å²) in [5.41, 5.74) is 0. The Morgan fingerprint density at radius 1 is 1.89 bits per heavy atom. The summed E-state index contributed by atoms with van der Waals surface area (Å²) in [6.45, 7) is 0. The lowest BCUT2D eigenvalue weighted by molar-refractivity contribution is 0.0683. The lowest BCUT2D eigenvalue weighted by Gasteiger charge is -1.89. The van der Waals surface area contributed by atoms with Crippen LogP contribution < -0.4 is 0 Å². The van der Waals surface area contributed by atoms with Gasteiger partial charge >= 0.3 is 5.97 Å². The summed E-state index contributed by atoms with van der Waals surface area (Å²) in [7, 11) is 0. The van der Waals surface area contributed by atoms with Gasteiger partial charge in [0.2, 0.25) is 5.82 Å². The largest absolute Gasteiger partial charge is 0.475 e. The van der Waals surface area contributed by atoms with Crippen molar-refractivity contribution in [3.8, 4) is 0 Å². The highest BCUT2D eigenvalue weighted by molar-refractivity contribution is 7.78. The van der Waals surface area contributed by atoms with Crippen LogP contribution in [0.5, 0.6) is 0 Å². The molecule has 1 rings (SSSR count). The van der Waals surface area contributed by atoms with E-state index < -0.39 is 5.97 Å². The Morgan fingerprint density at radius 2 is 2.56 bits per heavy atom. The number of hydrogen-bond acceptors (Lipinski definition) is 3. The first-order chi connectivity index (χ1) is 4.22. The van der Waals surface area contributed by atoms with E-state index in [2.05, 4.69) is 17.8 Å². The normalized spacial score (nSPS) is 9.44. The molecule has 0 bridgehead atoms. The Kier molecular flexibility index (Phi) is 1.44. The van der Waals surface area contributed by atoms with Crippen LogP contribution in [0.25, 0.3) is 0 Å². The van der Waals surface area contributed by atoms with Crippen LogP contribution in [0, 0.1) is 0 Å². The fourth-order valence-electron chi connectivity index (χ4n) is 0.450. The van der Waals surface area contributed by atoms with Gasteiger partial charge in [-0.15, -0.1) is 0 Å². The smallest absolute Gasteiger partial charge is 0.373 e. The van der Waals surface area contributed by atoms with Crippen molar-refractivity contribution < 1.29 is 9.90 Å². The third-order valence-corrected chi connectivity index (χ3v) is 1.14. The molecule has 5 heteroatoms. The second-order valence-corrected chi connectivity index (χ2v) is 1.83. The molecule has 0 unspecified atom stereocenters. The maximum Gasteiger partial charge on any atom is 0.373 e. The second kappa shape index (κ2) is 2.10. The van der Waals surface area contributed by atoms with Crippen molar-refractivity contribution in [3.63, 3.8) is 0 Å². The number of hydrogen-bond donors (Lipinski definition) is 2. The van der Waals surface area contributed by atoms with Crippen LogP contribution in [0.1, 0.15) is 10.6 Å². The number of carboxylic acid groups (broad SMARTS) is 1. The van der Waals surface area contributed by atoms with E-state index in [0.29, 0.717) is 0 Å². The molecule has 0 aromatic carbocycles. The predicted molar refractivity (Wildman–Crippen MR) is 33.6 cm³/mol. The Balaban J connectivity index is 3.08. The van der Waals surface area contributed by atoms with Gasteiger partial charge < -0.3 is 5.11 Å². The van der Waals surface area contributed by atoms with Crippen LogP contribution >= 0.6 is 12.8 Å². The van der Waals surface area contributed by atoms with Crippen molar-refractivity contribution in [1.29, 1.82) is 0 Å². The van der Waals surface area contributed by atoms with Crippen molar-refractivity contribution in [2.45, 2.75) is 0 Å². The fraction of sp³-hybridized carbons (Fsp3) is 0. The Labute approximate surface area is 56.7 Å². The maximum absolute atomic E-state index is 10.2.